The van der Waals surface area contributed by atoms with Crippen molar-refractivity contribution in [3.05, 3.63) is 92.6 Å². The number of rotatable bonds is 6. The second kappa shape index (κ2) is 9.91. The maximum absolute atomic E-state index is 13.1. The third kappa shape index (κ3) is 4.79. The van der Waals surface area contributed by atoms with Gasteiger partial charge in [-0.05, 0) is 29.1 Å². The summed E-state index contributed by atoms with van der Waals surface area (Å²) in [6.07, 6.45) is 2.05. The Morgan fingerprint density at radius 3 is 2.46 bits per heavy atom. The van der Waals surface area contributed by atoms with Crippen LogP contribution in [-0.2, 0) is 11.2 Å². The highest BCUT2D eigenvalue weighted by Crippen LogP contribution is 2.34. The first-order chi connectivity index (χ1) is 17.0. The van der Waals surface area contributed by atoms with E-state index in [0.29, 0.717) is 14.8 Å². The lowest BCUT2D eigenvalue weighted by Crippen LogP contribution is -2.53. The van der Waals surface area contributed by atoms with E-state index in [4.69, 9.17) is 11.6 Å². The molecule has 0 spiro atoms. The molecule has 0 radical (unpaired) electrons. The molecule has 2 aromatic carbocycles. The lowest BCUT2D eigenvalue weighted by molar-refractivity contribution is -0.123. The highest BCUT2D eigenvalue weighted by Gasteiger charge is 2.25. The third-order valence-electron chi connectivity index (χ3n) is 5.51. The molecule has 5 aromatic rings. The van der Waals surface area contributed by atoms with Gasteiger partial charge in [0, 0.05) is 33.6 Å². The van der Waals surface area contributed by atoms with Gasteiger partial charge in [-0.2, -0.15) is 0 Å². The largest absolute Gasteiger partial charge is 0.361 e. The minimum atomic E-state index is -0.929. The maximum Gasteiger partial charge on any atom is 0.281 e. The molecule has 0 fully saturated rings. The Morgan fingerprint density at radius 1 is 0.914 bits per heavy atom. The Hall–Kier alpha value is -3.66. The standard InChI is InChI=1S/C25H19ClN4O3S2/c26-21-16-7-2-4-9-19(16)35-22(21)25(33)30-29-23(31)18(28-24(32)20-10-5-11-34-20)12-14-13-27-17-8-3-1-6-15(14)17/h1-11,13,18,27H,12H2,(H,28,32)(H,29,31)(H,30,33)/t18-/m1/s1. The number of H-pyrrole nitrogens is 1. The molecule has 35 heavy (non-hydrogen) atoms. The monoisotopic (exact) mass is 522 g/mol. The molecule has 4 N–H and O–H groups in total. The summed E-state index contributed by atoms with van der Waals surface area (Å²) in [5.41, 5.74) is 6.68. The number of carbonyl (C=O) groups is 3. The van der Waals surface area contributed by atoms with Gasteiger partial charge in [0.2, 0.25) is 0 Å². The average molecular weight is 523 g/mol. The van der Waals surface area contributed by atoms with Crippen LogP contribution in [-0.4, -0.2) is 28.7 Å². The van der Waals surface area contributed by atoms with Crippen LogP contribution < -0.4 is 16.2 Å². The minimum absolute atomic E-state index is 0.229. The van der Waals surface area contributed by atoms with E-state index >= 15 is 0 Å². The first-order valence-corrected chi connectivity index (χ1v) is 12.8. The summed E-state index contributed by atoms with van der Waals surface area (Å²) < 4.78 is 0.870. The van der Waals surface area contributed by atoms with Crippen molar-refractivity contribution in [2.75, 3.05) is 0 Å². The smallest absolute Gasteiger partial charge is 0.281 e. The summed E-state index contributed by atoms with van der Waals surface area (Å²) in [4.78, 5) is 42.6. The van der Waals surface area contributed by atoms with Crippen molar-refractivity contribution < 1.29 is 14.4 Å². The Labute approximate surface area is 213 Å². The molecule has 5 rings (SSSR count). The summed E-state index contributed by atoms with van der Waals surface area (Å²) in [7, 11) is 0. The molecule has 0 bridgehead atoms. The number of hydrazine groups is 1. The van der Waals surface area contributed by atoms with E-state index in [2.05, 4.69) is 21.2 Å². The number of nitrogens with one attached hydrogen (secondary N) is 4. The zero-order valence-corrected chi connectivity index (χ0v) is 20.5. The van der Waals surface area contributed by atoms with Crippen LogP contribution in [0.25, 0.3) is 21.0 Å². The molecule has 7 nitrogen and oxygen atoms in total. The molecule has 0 aliphatic heterocycles. The van der Waals surface area contributed by atoms with E-state index < -0.39 is 17.9 Å². The van der Waals surface area contributed by atoms with Gasteiger partial charge in [-0.25, -0.2) is 0 Å². The highest BCUT2D eigenvalue weighted by molar-refractivity contribution is 7.21. The Bertz CT molecular complexity index is 1540. The Kier molecular flexibility index (Phi) is 6.54. The number of carbonyl (C=O) groups excluding carboxylic acids is 3. The number of aromatic nitrogens is 1. The second-order valence-corrected chi connectivity index (χ2v) is 10.1. The van der Waals surface area contributed by atoms with Crippen molar-refractivity contribution in [2.24, 2.45) is 0 Å². The van der Waals surface area contributed by atoms with E-state index in [9.17, 15) is 14.4 Å². The first kappa shape index (κ1) is 23.1. The topological polar surface area (TPSA) is 103 Å². The number of hydrogen-bond acceptors (Lipinski definition) is 5. The Morgan fingerprint density at radius 2 is 1.69 bits per heavy atom. The molecule has 1 atom stereocenters. The first-order valence-electron chi connectivity index (χ1n) is 10.7. The van der Waals surface area contributed by atoms with Crippen molar-refractivity contribution in [3.63, 3.8) is 0 Å². The average Bonchev–Trinajstić information content (AvgIpc) is 3.62. The molecule has 3 amide bonds. The summed E-state index contributed by atoms with van der Waals surface area (Å²) >= 11 is 8.90. The van der Waals surface area contributed by atoms with Gasteiger partial charge in [0.05, 0.1) is 9.90 Å². The van der Waals surface area contributed by atoms with Crippen LogP contribution in [0.15, 0.2) is 72.2 Å². The third-order valence-corrected chi connectivity index (χ3v) is 8.05. The second-order valence-electron chi connectivity index (χ2n) is 7.75. The number of aromatic amines is 1. The van der Waals surface area contributed by atoms with Crippen LogP contribution in [0.4, 0.5) is 0 Å². The Balaban J connectivity index is 1.34. The van der Waals surface area contributed by atoms with Gasteiger partial charge in [-0.3, -0.25) is 25.2 Å². The lowest BCUT2D eigenvalue weighted by atomic mass is 10.0. The fourth-order valence-electron chi connectivity index (χ4n) is 3.79. The van der Waals surface area contributed by atoms with Crippen LogP contribution >= 0.6 is 34.3 Å². The molecule has 10 heteroatoms. The van der Waals surface area contributed by atoms with E-state index in [1.807, 2.05) is 54.7 Å². The number of halogens is 1. The highest BCUT2D eigenvalue weighted by atomic mass is 35.5. The van der Waals surface area contributed by atoms with Crippen LogP contribution in [0.1, 0.15) is 24.9 Å². The lowest BCUT2D eigenvalue weighted by Gasteiger charge is -2.18. The van der Waals surface area contributed by atoms with Crippen LogP contribution in [0.2, 0.25) is 5.02 Å². The molecule has 176 valence electrons. The van der Waals surface area contributed by atoms with E-state index in [1.54, 1.807) is 17.5 Å². The van der Waals surface area contributed by atoms with E-state index in [-0.39, 0.29) is 12.3 Å². The van der Waals surface area contributed by atoms with Crippen molar-refractivity contribution in [1.29, 1.82) is 0 Å². The number of hydrogen-bond donors (Lipinski definition) is 4. The molecule has 0 saturated heterocycles. The van der Waals surface area contributed by atoms with Crippen molar-refractivity contribution in [2.45, 2.75) is 12.5 Å². The van der Waals surface area contributed by atoms with Gasteiger partial charge >= 0.3 is 0 Å². The normalized spacial score (nSPS) is 11.9. The van der Waals surface area contributed by atoms with Crippen LogP contribution in [0, 0.1) is 0 Å². The van der Waals surface area contributed by atoms with Crippen LogP contribution in [0.3, 0.4) is 0 Å². The molecular formula is C25H19ClN4O3S2. The fraction of sp³-hybridized carbons (Fsp3) is 0.0800. The van der Waals surface area contributed by atoms with Crippen molar-refractivity contribution >= 4 is 73.0 Å². The maximum atomic E-state index is 13.1. The minimum Gasteiger partial charge on any atom is -0.361 e. The molecule has 0 aliphatic rings. The number of benzene rings is 2. The predicted octanol–water partition coefficient (Wildman–Crippen LogP) is 4.90. The summed E-state index contributed by atoms with van der Waals surface area (Å²) in [5.74, 6) is -1.44. The molecule has 3 heterocycles. The van der Waals surface area contributed by atoms with Gasteiger partial charge in [-0.1, -0.05) is 54.1 Å². The number of amides is 3. The van der Waals surface area contributed by atoms with E-state index in [0.717, 1.165) is 26.6 Å². The quantitative estimate of drug-likeness (QED) is 0.238. The predicted molar refractivity (Wildman–Crippen MR) is 140 cm³/mol. The van der Waals surface area contributed by atoms with E-state index in [1.165, 1.54) is 22.7 Å². The number of fused-ring (bicyclic) bond motifs is 2. The van der Waals surface area contributed by atoms with Gasteiger partial charge in [0.15, 0.2) is 0 Å². The van der Waals surface area contributed by atoms with Crippen molar-refractivity contribution in [3.8, 4) is 0 Å². The molecule has 0 aliphatic carbocycles. The molecule has 0 saturated carbocycles. The van der Waals surface area contributed by atoms with Crippen LogP contribution in [0.5, 0.6) is 0 Å². The summed E-state index contributed by atoms with van der Waals surface area (Å²) in [6, 6.07) is 17.7. The molecule has 0 unspecified atom stereocenters. The van der Waals surface area contributed by atoms with Gasteiger partial charge < -0.3 is 10.3 Å². The summed E-state index contributed by atoms with van der Waals surface area (Å²) in [5, 5.41) is 6.64. The number of thiophene rings is 2. The summed E-state index contributed by atoms with van der Waals surface area (Å²) in [6.45, 7) is 0. The van der Waals surface area contributed by atoms with Crippen molar-refractivity contribution in [1.82, 2.24) is 21.2 Å². The van der Waals surface area contributed by atoms with Gasteiger partial charge in [0.25, 0.3) is 17.7 Å². The molecule has 3 aromatic heterocycles. The number of para-hydroxylation sites is 1. The zero-order chi connectivity index (χ0) is 24.4. The zero-order valence-electron chi connectivity index (χ0n) is 18.1. The van der Waals surface area contributed by atoms with Gasteiger partial charge in [-0.15, -0.1) is 22.7 Å². The SMILES string of the molecule is O=C(N[C@H](Cc1c[nH]c2ccccc12)C(=O)NNC(=O)c1sc2ccccc2c1Cl)c1cccs1. The fourth-order valence-corrected chi connectivity index (χ4v) is 5.83. The molecular weight excluding hydrogens is 504 g/mol. The van der Waals surface area contributed by atoms with Gasteiger partial charge in [0.1, 0.15) is 10.9 Å².